The van der Waals surface area contributed by atoms with Crippen molar-refractivity contribution >= 4 is 11.8 Å². The van der Waals surface area contributed by atoms with Gasteiger partial charge in [-0.25, -0.2) is 0 Å². The summed E-state index contributed by atoms with van der Waals surface area (Å²) in [5.41, 5.74) is 4.24. The number of pyridine rings is 1. The number of piperazine rings is 1. The number of rotatable bonds is 5. The lowest BCUT2D eigenvalue weighted by Gasteiger charge is -2.40. The minimum Gasteiger partial charge on any atom is -0.339 e. The maximum atomic E-state index is 13.4. The molecule has 2 aromatic heterocycles. The highest BCUT2D eigenvalue weighted by Gasteiger charge is 2.38. The Kier molecular flexibility index (Phi) is 6.31. The van der Waals surface area contributed by atoms with Gasteiger partial charge in [0, 0.05) is 49.6 Å². The average molecular weight is 446 g/mol. The zero-order chi connectivity index (χ0) is 23.6. The third-order valence-electron chi connectivity index (χ3n) is 6.20. The second-order valence-corrected chi connectivity index (χ2v) is 9.49. The molecule has 3 heterocycles. The van der Waals surface area contributed by atoms with Gasteiger partial charge in [0.2, 0.25) is 5.91 Å². The highest BCUT2D eigenvalue weighted by molar-refractivity contribution is 5.97. The molecule has 1 atom stereocenters. The molecule has 0 spiro atoms. The first-order chi connectivity index (χ1) is 15.8. The summed E-state index contributed by atoms with van der Waals surface area (Å²) in [5.74, 6) is -0.223. The summed E-state index contributed by atoms with van der Waals surface area (Å²) in [6, 6.07) is 13.3. The Balaban J connectivity index is 1.62. The van der Waals surface area contributed by atoms with Crippen LogP contribution in [0.25, 0.3) is 11.1 Å². The predicted octanol–water partition coefficient (Wildman–Crippen LogP) is 3.68. The number of benzene rings is 1. The van der Waals surface area contributed by atoms with Gasteiger partial charge in [-0.1, -0.05) is 45.0 Å². The van der Waals surface area contributed by atoms with Crippen molar-refractivity contribution < 1.29 is 9.59 Å². The Hall–Kier alpha value is -3.48. The summed E-state index contributed by atoms with van der Waals surface area (Å²) in [4.78, 5) is 34.4. The maximum absolute atomic E-state index is 13.4. The van der Waals surface area contributed by atoms with Crippen LogP contribution in [-0.4, -0.2) is 62.5 Å². The van der Waals surface area contributed by atoms with Crippen molar-refractivity contribution in [3.63, 3.8) is 0 Å². The van der Waals surface area contributed by atoms with Gasteiger partial charge in [0.1, 0.15) is 11.7 Å². The molecule has 7 heteroatoms. The molecule has 7 nitrogen and oxygen atoms in total. The fourth-order valence-corrected chi connectivity index (χ4v) is 4.20. The molecule has 4 rings (SSSR count). The number of nitrogens with zero attached hydrogens (tertiary/aromatic N) is 4. The van der Waals surface area contributed by atoms with E-state index in [1.54, 1.807) is 23.4 Å². The summed E-state index contributed by atoms with van der Waals surface area (Å²) in [6.07, 6.45) is 3.99. The third-order valence-corrected chi connectivity index (χ3v) is 6.20. The van der Waals surface area contributed by atoms with Gasteiger partial charge in [0.15, 0.2) is 0 Å². The number of carbonyl (C=O) groups is 2. The van der Waals surface area contributed by atoms with Crippen molar-refractivity contribution in [2.45, 2.75) is 45.6 Å². The first-order valence-electron chi connectivity index (χ1n) is 11.4. The van der Waals surface area contributed by atoms with Gasteiger partial charge in [-0.3, -0.25) is 19.7 Å². The molecule has 1 aliphatic rings. The van der Waals surface area contributed by atoms with Crippen LogP contribution in [-0.2, 0) is 16.6 Å². The summed E-state index contributed by atoms with van der Waals surface area (Å²) >= 11 is 0. The van der Waals surface area contributed by atoms with E-state index in [0.717, 1.165) is 22.4 Å². The monoisotopic (exact) mass is 445 g/mol. The summed E-state index contributed by atoms with van der Waals surface area (Å²) in [6.45, 7) is 9.82. The number of carbonyl (C=O) groups excluding carboxylic acids is 2. The Morgan fingerprint density at radius 1 is 1.09 bits per heavy atom. The molecule has 0 radical (unpaired) electrons. The smallest absolute Gasteiger partial charge is 0.275 e. The first kappa shape index (κ1) is 22.7. The molecule has 1 aliphatic heterocycles. The van der Waals surface area contributed by atoms with Gasteiger partial charge in [-0.05, 0) is 41.8 Å². The largest absolute Gasteiger partial charge is 0.339 e. The van der Waals surface area contributed by atoms with Crippen LogP contribution < -0.4 is 0 Å². The van der Waals surface area contributed by atoms with Crippen LogP contribution in [0, 0.1) is 0 Å². The first-order valence-corrected chi connectivity index (χ1v) is 11.4. The molecule has 1 saturated heterocycles. The van der Waals surface area contributed by atoms with E-state index in [-0.39, 0.29) is 17.2 Å². The van der Waals surface area contributed by atoms with E-state index in [1.165, 1.54) is 0 Å². The number of hydrogen-bond acceptors (Lipinski definition) is 4. The van der Waals surface area contributed by atoms with Crippen molar-refractivity contribution in [3.05, 3.63) is 71.8 Å². The van der Waals surface area contributed by atoms with Gasteiger partial charge in [-0.2, -0.15) is 5.10 Å². The van der Waals surface area contributed by atoms with Gasteiger partial charge < -0.3 is 9.80 Å². The average Bonchev–Trinajstić information content (AvgIpc) is 3.32. The van der Waals surface area contributed by atoms with E-state index < -0.39 is 6.04 Å². The van der Waals surface area contributed by atoms with E-state index in [2.05, 4.69) is 42.0 Å². The predicted molar refractivity (Wildman–Crippen MR) is 128 cm³/mol. The molecular formula is C26H31N5O2. The molecule has 1 aromatic carbocycles. The fourth-order valence-electron chi connectivity index (χ4n) is 4.20. The van der Waals surface area contributed by atoms with Gasteiger partial charge in [0.25, 0.3) is 5.91 Å². The van der Waals surface area contributed by atoms with Crippen LogP contribution >= 0.6 is 0 Å². The topological polar surface area (TPSA) is 82.2 Å². The molecular weight excluding hydrogens is 414 g/mol. The van der Waals surface area contributed by atoms with Gasteiger partial charge in [0.05, 0.1) is 0 Å². The van der Waals surface area contributed by atoms with Crippen LogP contribution in [0.3, 0.4) is 0 Å². The third kappa shape index (κ3) is 4.82. The molecule has 0 saturated carbocycles. The molecule has 2 amide bonds. The second kappa shape index (κ2) is 9.17. The second-order valence-electron chi connectivity index (χ2n) is 9.49. The van der Waals surface area contributed by atoms with Crippen LogP contribution in [0.4, 0.5) is 0 Å². The van der Waals surface area contributed by atoms with Crippen molar-refractivity contribution in [2.24, 2.45) is 0 Å². The molecule has 33 heavy (non-hydrogen) atoms. The number of nitrogens with one attached hydrogen (secondary N) is 1. The minimum atomic E-state index is -0.561. The van der Waals surface area contributed by atoms with Gasteiger partial charge in [-0.15, -0.1) is 0 Å². The summed E-state index contributed by atoms with van der Waals surface area (Å²) < 4.78 is 0. The SMILES string of the molecule is CCN1CCN(C(=O)c2cc(C(C)(C)C)[nH]n2)[C@@H](Cc2cccc(-c3ccncc3)c2)C1=O. The molecule has 1 N–H and O–H groups in total. The van der Waals surface area contributed by atoms with Crippen LogP contribution in [0.15, 0.2) is 54.9 Å². The van der Waals surface area contributed by atoms with E-state index >= 15 is 0 Å². The number of aromatic amines is 1. The number of likely N-dealkylation sites (N-methyl/N-ethyl adjacent to an activating group) is 1. The number of amides is 2. The van der Waals surface area contributed by atoms with Crippen molar-refractivity contribution in [1.29, 1.82) is 0 Å². The Labute approximate surface area is 194 Å². The van der Waals surface area contributed by atoms with E-state index in [1.807, 2.05) is 42.2 Å². The lowest BCUT2D eigenvalue weighted by Crippen LogP contribution is -2.59. The van der Waals surface area contributed by atoms with Crippen LogP contribution in [0.2, 0.25) is 0 Å². The lowest BCUT2D eigenvalue weighted by atomic mass is 9.92. The Morgan fingerprint density at radius 2 is 1.85 bits per heavy atom. The molecule has 0 unspecified atom stereocenters. The highest BCUT2D eigenvalue weighted by atomic mass is 16.2. The highest BCUT2D eigenvalue weighted by Crippen LogP contribution is 2.25. The molecule has 3 aromatic rings. The van der Waals surface area contributed by atoms with Crippen molar-refractivity contribution in [3.8, 4) is 11.1 Å². The van der Waals surface area contributed by atoms with E-state index in [4.69, 9.17) is 0 Å². The van der Waals surface area contributed by atoms with Gasteiger partial charge >= 0.3 is 0 Å². The van der Waals surface area contributed by atoms with Crippen molar-refractivity contribution in [2.75, 3.05) is 19.6 Å². The number of aromatic nitrogens is 3. The molecule has 1 fully saturated rings. The van der Waals surface area contributed by atoms with Crippen LogP contribution in [0.5, 0.6) is 0 Å². The van der Waals surface area contributed by atoms with E-state index in [9.17, 15) is 9.59 Å². The van der Waals surface area contributed by atoms with Crippen molar-refractivity contribution in [1.82, 2.24) is 25.0 Å². The van der Waals surface area contributed by atoms with Crippen LogP contribution in [0.1, 0.15) is 49.4 Å². The number of hydrogen-bond donors (Lipinski definition) is 1. The molecule has 0 aliphatic carbocycles. The summed E-state index contributed by atoms with van der Waals surface area (Å²) in [7, 11) is 0. The zero-order valence-corrected chi connectivity index (χ0v) is 19.7. The summed E-state index contributed by atoms with van der Waals surface area (Å²) in [5, 5.41) is 7.26. The molecule has 172 valence electrons. The fraction of sp³-hybridized carbons (Fsp3) is 0.385. The quantitative estimate of drug-likeness (QED) is 0.649. The Morgan fingerprint density at radius 3 is 2.52 bits per heavy atom. The normalized spacial score (nSPS) is 16.8. The minimum absolute atomic E-state index is 0.0157. The maximum Gasteiger partial charge on any atom is 0.275 e. The van der Waals surface area contributed by atoms with E-state index in [0.29, 0.717) is 31.7 Å². The Bertz CT molecular complexity index is 1130. The molecule has 0 bridgehead atoms. The standard InChI is InChI=1S/C26H31N5O2/c1-5-30-13-14-31(24(32)21-17-23(29-28-21)26(2,3)4)22(25(30)33)16-18-7-6-8-20(15-18)19-9-11-27-12-10-19/h6-12,15,17,22H,5,13-14,16H2,1-4H3,(H,28,29)/t22-/m0/s1. The lowest BCUT2D eigenvalue weighted by molar-refractivity contribution is -0.139. The number of H-pyrrole nitrogens is 1. The zero-order valence-electron chi connectivity index (χ0n) is 19.7.